The van der Waals surface area contributed by atoms with Crippen molar-refractivity contribution in [3.63, 3.8) is 0 Å². The molecular formula is C21H23FN2O4. The van der Waals surface area contributed by atoms with Gasteiger partial charge in [-0.25, -0.2) is 4.39 Å². The molecule has 1 aromatic carbocycles. The van der Waals surface area contributed by atoms with Crippen molar-refractivity contribution in [1.82, 2.24) is 9.88 Å². The van der Waals surface area contributed by atoms with Gasteiger partial charge < -0.3 is 15.1 Å². The number of halogens is 1. The average molecular weight is 386 g/mol. The lowest BCUT2D eigenvalue weighted by Crippen LogP contribution is -2.58. The molecule has 0 aliphatic carbocycles. The van der Waals surface area contributed by atoms with E-state index in [1.165, 1.54) is 35.4 Å². The number of pyridine rings is 1. The van der Waals surface area contributed by atoms with Crippen LogP contribution in [0.2, 0.25) is 0 Å². The van der Waals surface area contributed by atoms with Crippen molar-refractivity contribution < 1.29 is 24.2 Å². The van der Waals surface area contributed by atoms with Crippen LogP contribution in [-0.2, 0) is 11.2 Å². The molecule has 0 bridgehead atoms. The molecule has 0 spiro atoms. The minimum Gasteiger partial charge on any atom is -0.481 e. The lowest BCUT2D eigenvalue weighted by molar-refractivity contribution is -0.161. The molecule has 7 heteroatoms. The average Bonchev–Trinajstić information content (AvgIpc) is 2.67. The minimum absolute atomic E-state index is 0.00125. The number of aliphatic carboxylic acids is 1. The molecule has 1 fully saturated rings. The summed E-state index contributed by atoms with van der Waals surface area (Å²) in [4.78, 5) is 30.8. The third kappa shape index (κ3) is 3.75. The van der Waals surface area contributed by atoms with Gasteiger partial charge in [0.15, 0.2) is 0 Å². The number of aryl methyl sites for hydroxylation is 2. The summed E-state index contributed by atoms with van der Waals surface area (Å²) in [6, 6.07) is 7.24. The summed E-state index contributed by atoms with van der Waals surface area (Å²) in [5.41, 5.74) is 1.12. The molecule has 1 aliphatic heterocycles. The number of nitrogens with zero attached hydrogens (tertiary/aromatic N) is 2. The number of carboxylic acid groups (broad SMARTS) is 1. The highest BCUT2D eigenvalue weighted by Crippen LogP contribution is 2.35. The number of benzene rings is 1. The van der Waals surface area contributed by atoms with Crippen LogP contribution in [0.1, 0.15) is 33.6 Å². The third-order valence-electron chi connectivity index (χ3n) is 5.52. The molecule has 0 unspecified atom stereocenters. The Morgan fingerprint density at radius 3 is 2.57 bits per heavy atom. The van der Waals surface area contributed by atoms with Crippen LogP contribution in [0.15, 0.2) is 36.5 Å². The van der Waals surface area contributed by atoms with Gasteiger partial charge in [-0.1, -0.05) is 12.1 Å². The van der Waals surface area contributed by atoms with E-state index < -0.39 is 23.3 Å². The Labute approximate surface area is 162 Å². The number of hydrogen-bond acceptors (Lipinski definition) is 4. The summed E-state index contributed by atoms with van der Waals surface area (Å²) < 4.78 is 13.2. The van der Waals surface area contributed by atoms with Crippen LogP contribution in [0.4, 0.5) is 4.39 Å². The fourth-order valence-electron chi connectivity index (χ4n) is 3.62. The van der Waals surface area contributed by atoms with Gasteiger partial charge in [0.25, 0.3) is 5.91 Å². The highest BCUT2D eigenvalue weighted by Gasteiger charge is 2.50. The molecule has 0 saturated carbocycles. The molecule has 3 rings (SSSR count). The second kappa shape index (κ2) is 7.67. The summed E-state index contributed by atoms with van der Waals surface area (Å²) >= 11 is 0. The Hall–Kier alpha value is -2.80. The molecule has 2 aromatic rings. The number of amides is 1. The van der Waals surface area contributed by atoms with Crippen LogP contribution >= 0.6 is 0 Å². The van der Waals surface area contributed by atoms with Crippen LogP contribution < -0.4 is 0 Å². The van der Waals surface area contributed by atoms with Crippen molar-refractivity contribution in [1.29, 1.82) is 0 Å². The maximum atomic E-state index is 13.2. The second-order valence-corrected chi connectivity index (χ2v) is 7.42. The molecule has 1 saturated heterocycles. The van der Waals surface area contributed by atoms with Gasteiger partial charge in [-0.3, -0.25) is 14.6 Å². The van der Waals surface area contributed by atoms with E-state index in [0.29, 0.717) is 11.1 Å². The zero-order chi connectivity index (χ0) is 20.5. The number of piperidine rings is 1. The Kier molecular flexibility index (Phi) is 5.47. The molecule has 1 aromatic heterocycles. The predicted molar refractivity (Wildman–Crippen MR) is 100 cm³/mol. The Morgan fingerprint density at radius 1 is 1.29 bits per heavy atom. The van der Waals surface area contributed by atoms with Crippen molar-refractivity contribution >= 4 is 11.9 Å². The van der Waals surface area contributed by atoms with E-state index >= 15 is 0 Å². The quantitative estimate of drug-likeness (QED) is 0.842. The lowest BCUT2D eigenvalue weighted by atomic mass is 9.72. The van der Waals surface area contributed by atoms with Crippen molar-refractivity contribution in [2.24, 2.45) is 5.41 Å². The molecule has 1 aliphatic rings. The van der Waals surface area contributed by atoms with E-state index in [4.69, 9.17) is 0 Å². The Morgan fingerprint density at radius 2 is 1.96 bits per heavy atom. The number of carboxylic acids is 1. The molecule has 28 heavy (non-hydrogen) atoms. The van der Waals surface area contributed by atoms with E-state index in [2.05, 4.69) is 4.98 Å². The third-order valence-corrected chi connectivity index (χ3v) is 5.52. The highest BCUT2D eigenvalue weighted by molar-refractivity contribution is 5.94. The van der Waals surface area contributed by atoms with Crippen LogP contribution in [0.5, 0.6) is 0 Å². The summed E-state index contributed by atoms with van der Waals surface area (Å²) in [5.74, 6) is -1.91. The van der Waals surface area contributed by atoms with Gasteiger partial charge in [0.2, 0.25) is 0 Å². The number of aromatic nitrogens is 1. The van der Waals surface area contributed by atoms with E-state index in [9.17, 15) is 24.2 Å². The van der Waals surface area contributed by atoms with Gasteiger partial charge >= 0.3 is 5.97 Å². The zero-order valence-corrected chi connectivity index (χ0v) is 15.9. The summed E-state index contributed by atoms with van der Waals surface area (Å²) in [7, 11) is 0. The number of hydrogen-bond donors (Lipinski definition) is 2. The molecule has 2 N–H and O–H groups in total. The molecule has 2 heterocycles. The summed E-state index contributed by atoms with van der Waals surface area (Å²) in [6.07, 6.45) is 0.519. The number of carbonyl (C=O) groups excluding carboxylic acids is 1. The summed E-state index contributed by atoms with van der Waals surface area (Å²) in [6.45, 7) is 3.83. The molecule has 1 amide bonds. The summed E-state index contributed by atoms with van der Waals surface area (Å²) in [5, 5.41) is 20.5. The second-order valence-electron chi connectivity index (χ2n) is 7.42. The van der Waals surface area contributed by atoms with Crippen LogP contribution in [-0.4, -0.2) is 51.2 Å². The maximum Gasteiger partial charge on any atom is 0.314 e. The fraction of sp³-hybridized carbons (Fsp3) is 0.381. The number of aliphatic hydroxyl groups excluding tert-OH is 1. The largest absolute Gasteiger partial charge is 0.481 e. The van der Waals surface area contributed by atoms with Crippen molar-refractivity contribution in [2.75, 3.05) is 13.1 Å². The standard InChI is InChI=1S/C21H23FN2O4/c1-13-9-16(11-23-14(13)2)19(26)24-8-7-18(25)21(12-24,20(27)28)10-15-3-5-17(22)6-4-15/h3-6,9,11,18,25H,7-8,10,12H2,1-2H3,(H,27,28)/t18-,21-/m1/s1. The SMILES string of the molecule is Cc1cc(C(=O)N2CC[C@@H](O)[C@](Cc3ccc(F)cc3)(C(=O)O)C2)cnc1C. The van der Waals surface area contributed by atoms with Crippen LogP contribution in [0.3, 0.4) is 0 Å². The van der Waals surface area contributed by atoms with E-state index in [0.717, 1.165) is 11.3 Å². The number of aliphatic hydroxyl groups is 1. The number of rotatable bonds is 4. The monoisotopic (exact) mass is 386 g/mol. The first kappa shape index (κ1) is 19.9. The molecule has 6 nitrogen and oxygen atoms in total. The Bertz CT molecular complexity index is 900. The molecular weight excluding hydrogens is 363 g/mol. The first-order chi connectivity index (χ1) is 13.2. The minimum atomic E-state index is -1.56. The van der Waals surface area contributed by atoms with Crippen molar-refractivity contribution in [2.45, 2.75) is 32.8 Å². The normalized spacial score (nSPS) is 22.1. The van der Waals surface area contributed by atoms with Gasteiger partial charge in [-0.05, 0) is 56.0 Å². The van der Waals surface area contributed by atoms with Gasteiger partial charge in [-0.15, -0.1) is 0 Å². The van der Waals surface area contributed by atoms with E-state index in [-0.39, 0.29) is 31.8 Å². The zero-order valence-electron chi connectivity index (χ0n) is 15.9. The van der Waals surface area contributed by atoms with E-state index in [1.54, 1.807) is 6.07 Å². The fourth-order valence-corrected chi connectivity index (χ4v) is 3.62. The molecule has 2 atom stereocenters. The first-order valence-corrected chi connectivity index (χ1v) is 9.11. The molecule has 148 valence electrons. The van der Waals surface area contributed by atoms with Crippen molar-refractivity contribution in [3.8, 4) is 0 Å². The van der Waals surface area contributed by atoms with Crippen LogP contribution in [0.25, 0.3) is 0 Å². The topological polar surface area (TPSA) is 90.7 Å². The maximum absolute atomic E-state index is 13.2. The van der Waals surface area contributed by atoms with Crippen molar-refractivity contribution in [3.05, 3.63) is 64.7 Å². The van der Waals surface area contributed by atoms with E-state index in [1.807, 2.05) is 13.8 Å². The van der Waals surface area contributed by atoms with Crippen LogP contribution in [0, 0.1) is 25.1 Å². The van der Waals surface area contributed by atoms with Gasteiger partial charge in [0.05, 0.1) is 11.7 Å². The van der Waals surface area contributed by atoms with Gasteiger partial charge in [0, 0.05) is 25.0 Å². The van der Waals surface area contributed by atoms with Gasteiger partial charge in [-0.2, -0.15) is 0 Å². The number of carbonyl (C=O) groups is 2. The Balaban J connectivity index is 1.89. The predicted octanol–water partition coefficient (Wildman–Crippen LogP) is 2.36. The van der Waals surface area contributed by atoms with Gasteiger partial charge in [0.1, 0.15) is 11.2 Å². The lowest BCUT2D eigenvalue weighted by Gasteiger charge is -2.43. The smallest absolute Gasteiger partial charge is 0.314 e. The molecule has 0 radical (unpaired) electrons. The first-order valence-electron chi connectivity index (χ1n) is 9.11. The highest BCUT2D eigenvalue weighted by atomic mass is 19.1. The number of likely N-dealkylation sites (tertiary alicyclic amines) is 1.